The van der Waals surface area contributed by atoms with Crippen molar-refractivity contribution in [3.63, 3.8) is 0 Å². The molecule has 0 aliphatic heterocycles. The van der Waals surface area contributed by atoms with Crippen LogP contribution in [0.15, 0.2) is 0 Å². The monoisotopic (exact) mass is 315 g/mol. The largest absolute Gasteiger partial charge is 0.355 e. The third kappa shape index (κ3) is 4.15. The summed E-state index contributed by atoms with van der Waals surface area (Å²) in [7, 11) is -1.81. The van der Waals surface area contributed by atoms with Crippen molar-refractivity contribution in [2.24, 2.45) is 0 Å². The van der Waals surface area contributed by atoms with E-state index in [-0.39, 0.29) is 24.8 Å². The third-order valence-electron chi connectivity index (χ3n) is 3.30. The van der Waals surface area contributed by atoms with Crippen LogP contribution in [-0.4, -0.2) is 55.8 Å². The Kier molecular flexibility index (Phi) is 5.30. The molecule has 0 aliphatic carbocycles. The molecule has 8 heteroatoms. The number of aromatic nitrogens is 1. The second-order valence-electron chi connectivity index (χ2n) is 5.02. The smallest absolute Gasteiger partial charge is 0.253 e. The number of aryl methyl sites for hydroxylation is 1. The topological polar surface area (TPSA) is 99.3 Å². The van der Waals surface area contributed by atoms with Crippen LogP contribution in [0.3, 0.4) is 0 Å². The van der Waals surface area contributed by atoms with E-state index in [1.807, 2.05) is 0 Å². The summed E-state index contributed by atoms with van der Waals surface area (Å²) in [6.45, 7) is 5.24. The van der Waals surface area contributed by atoms with Gasteiger partial charge in [0.1, 0.15) is 0 Å². The van der Waals surface area contributed by atoms with Crippen LogP contribution in [0.1, 0.15) is 39.0 Å². The summed E-state index contributed by atoms with van der Waals surface area (Å²) in [5, 5.41) is 2.66. The normalized spacial score (nSPS) is 11.7. The van der Waals surface area contributed by atoms with Crippen molar-refractivity contribution >= 4 is 21.7 Å². The molecule has 0 aliphatic rings. The lowest BCUT2D eigenvalue weighted by atomic mass is 10.1. The number of amides is 1. The Morgan fingerprint density at radius 3 is 2.29 bits per heavy atom. The summed E-state index contributed by atoms with van der Waals surface area (Å²) in [6.07, 6.45) is 1.11. The summed E-state index contributed by atoms with van der Waals surface area (Å²) in [4.78, 5) is 26.5. The molecule has 0 bridgehead atoms. The van der Waals surface area contributed by atoms with Crippen LogP contribution in [0.5, 0.6) is 0 Å². The number of sulfonamides is 1. The number of carbonyl (C=O) groups is 2. The first kappa shape index (κ1) is 17.4. The molecule has 21 heavy (non-hydrogen) atoms. The molecular formula is C13H21N3O4S. The Balaban J connectivity index is 2.76. The maximum Gasteiger partial charge on any atom is 0.253 e. The van der Waals surface area contributed by atoms with Crippen molar-refractivity contribution in [2.45, 2.75) is 20.8 Å². The number of nitrogens with zero attached hydrogens (tertiary/aromatic N) is 1. The molecule has 0 spiro atoms. The highest BCUT2D eigenvalue weighted by Crippen LogP contribution is 2.18. The van der Waals surface area contributed by atoms with Gasteiger partial charge in [-0.3, -0.25) is 9.59 Å². The lowest BCUT2D eigenvalue weighted by Crippen LogP contribution is -2.35. The zero-order valence-corrected chi connectivity index (χ0v) is 13.7. The molecular weight excluding hydrogens is 294 g/mol. The van der Waals surface area contributed by atoms with Crippen LogP contribution in [0, 0.1) is 13.8 Å². The maximum absolute atomic E-state index is 12.1. The second-order valence-corrected chi connectivity index (χ2v) is 7.11. The van der Waals surface area contributed by atoms with Crippen LogP contribution in [0.2, 0.25) is 0 Å². The third-order valence-corrected chi connectivity index (χ3v) is 4.61. The van der Waals surface area contributed by atoms with Crippen molar-refractivity contribution in [1.29, 1.82) is 0 Å². The maximum atomic E-state index is 12.1. The van der Waals surface area contributed by atoms with Crippen LogP contribution in [0.4, 0.5) is 0 Å². The van der Waals surface area contributed by atoms with Crippen molar-refractivity contribution in [3.05, 3.63) is 22.5 Å². The number of ketones is 1. The average Bonchev–Trinajstić information content (AvgIpc) is 2.63. The van der Waals surface area contributed by atoms with Gasteiger partial charge in [0.15, 0.2) is 5.78 Å². The van der Waals surface area contributed by atoms with Gasteiger partial charge in [-0.05, 0) is 19.4 Å². The molecule has 118 valence electrons. The van der Waals surface area contributed by atoms with Gasteiger partial charge in [0, 0.05) is 32.8 Å². The fourth-order valence-corrected chi connectivity index (χ4v) is 2.45. The molecule has 7 nitrogen and oxygen atoms in total. The molecule has 0 aromatic carbocycles. The highest BCUT2D eigenvalue weighted by Gasteiger charge is 2.20. The second kappa shape index (κ2) is 6.40. The first-order valence-corrected chi connectivity index (χ1v) is 8.30. The van der Waals surface area contributed by atoms with E-state index in [0.29, 0.717) is 22.5 Å². The van der Waals surface area contributed by atoms with Crippen LogP contribution < -0.4 is 5.32 Å². The van der Waals surface area contributed by atoms with Crippen molar-refractivity contribution in [2.75, 3.05) is 26.4 Å². The first-order chi connectivity index (χ1) is 9.55. The molecule has 0 atom stereocenters. The SMILES string of the molecule is CC(=O)c1[nH]c(C)c(C(=O)NCCN(C)S(C)(=O)=O)c1C. The van der Waals surface area contributed by atoms with Gasteiger partial charge in [-0.25, -0.2) is 12.7 Å². The zero-order valence-electron chi connectivity index (χ0n) is 12.9. The van der Waals surface area contributed by atoms with E-state index >= 15 is 0 Å². The minimum absolute atomic E-state index is 0.133. The van der Waals surface area contributed by atoms with Crippen LogP contribution in [0.25, 0.3) is 0 Å². The Bertz CT molecular complexity index is 661. The van der Waals surface area contributed by atoms with Gasteiger partial charge in [-0.15, -0.1) is 0 Å². The standard InChI is InChI=1S/C13H21N3O4S/c1-8-11(9(2)15-12(8)10(3)17)13(18)14-6-7-16(4)21(5,19)20/h15H,6-7H2,1-5H3,(H,14,18). The number of nitrogens with one attached hydrogen (secondary N) is 2. The Hall–Kier alpha value is -1.67. The van der Waals surface area contributed by atoms with Crippen molar-refractivity contribution in [3.8, 4) is 0 Å². The predicted molar refractivity (Wildman–Crippen MR) is 80.1 cm³/mol. The first-order valence-electron chi connectivity index (χ1n) is 6.45. The molecule has 1 aromatic rings. The van der Waals surface area contributed by atoms with Gasteiger partial charge < -0.3 is 10.3 Å². The number of carbonyl (C=O) groups excluding carboxylic acids is 2. The molecule has 1 heterocycles. The average molecular weight is 315 g/mol. The molecule has 0 saturated heterocycles. The van der Waals surface area contributed by atoms with Gasteiger partial charge in [-0.1, -0.05) is 0 Å². The molecule has 1 rings (SSSR count). The van der Waals surface area contributed by atoms with E-state index in [9.17, 15) is 18.0 Å². The Labute approximate surface area is 124 Å². The van der Waals surface area contributed by atoms with Crippen LogP contribution >= 0.6 is 0 Å². The van der Waals surface area contributed by atoms with Gasteiger partial charge in [0.2, 0.25) is 10.0 Å². The number of H-pyrrole nitrogens is 1. The van der Waals surface area contributed by atoms with Gasteiger partial charge >= 0.3 is 0 Å². The summed E-state index contributed by atoms with van der Waals surface area (Å²) in [5.74, 6) is -0.456. The minimum atomic E-state index is -3.26. The molecule has 0 saturated carbocycles. The number of rotatable bonds is 6. The predicted octanol–water partition coefficient (Wildman–Crippen LogP) is 0.455. The Morgan fingerprint density at radius 2 is 1.86 bits per heavy atom. The molecule has 0 radical (unpaired) electrons. The molecule has 1 amide bonds. The summed E-state index contributed by atoms with van der Waals surface area (Å²) in [6, 6.07) is 0. The number of likely N-dealkylation sites (N-methyl/N-ethyl adjacent to an activating group) is 1. The number of hydrogen-bond acceptors (Lipinski definition) is 4. The van der Waals surface area contributed by atoms with E-state index < -0.39 is 10.0 Å². The molecule has 2 N–H and O–H groups in total. The van der Waals surface area contributed by atoms with E-state index in [1.165, 1.54) is 14.0 Å². The summed E-state index contributed by atoms with van der Waals surface area (Å²) < 4.78 is 23.6. The van der Waals surface area contributed by atoms with E-state index in [0.717, 1.165) is 10.6 Å². The highest BCUT2D eigenvalue weighted by atomic mass is 32.2. The molecule has 0 fully saturated rings. The fourth-order valence-electron chi connectivity index (χ4n) is 2.02. The molecule has 1 aromatic heterocycles. The van der Waals surface area contributed by atoms with Gasteiger partial charge in [0.25, 0.3) is 5.91 Å². The van der Waals surface area contributed by atoms with E-state index in [4.69, 9.17) is 0 Å². The Morgan fingerprint density at radius 1 is 1.29 bits per heavy atom. The minimum Gasteiger partial charge on any atom is -0.355 e. The van der Waals surface area contributed by atoms with Gasteiger partial charge in [0.05, 0.1) is 17.5 Å². The quantitative estimate of drug-likeness (QED) is 0.745. The fraction of sp³-hybridized carbons (Fsp3) is 0.538. The van der Waals surface area contributed by atoms with Gasteiger partial charge in [-0.2, -0.15) is 0 Å². The summed E-state index contributed by atoms with van der Waals surface area (Å²) in [5.41, 5.74) is 2.08. The van der Waals surface area contributed by atoms with E-state index in [1.54, 1.807) is 13.8 Å². The van der Waals surface area contributed by atoms with Crippen molar-refractivity contribution in [1.82, 2.24) is 14.6 Å². The lowest BCUT2D eigenvalue weighted by molar-refractivity contribution is 0.0951. The van der Waals surface area contributed by atoms with E-state index in [2.05, 4.69) is 10.3 Å². The zero-order chi connectivity index (χ0) is 16.4. The lowest BCUT2D eigenvalue weighted by Gasteiger charge is -2.14. The number of Topliss-reactive ketones (excluding diaryl/α,β-unsaturated/α-hetero) is 1. The molecule has 0 unspecified atom stereocenters. The highest BCUT2D eigenvalue weighted by molar-refractivity contribution is 7.88. The summed E-state index contributed by atoms with van der Waals surface area (Å²) >= 11 is 0. The van der Waals surface area contributed by atoms with Crippen LogP contribution in [-0.2, 0) is 10.0 Å². The number of aromatic amines is 1. The number of hydrogen-bond donors (Lipinski definition) is 2. The van der Waals surface area contributed by atoms with Crippen molar-refractivity contribution < 1.29 is 18.0 Å².